The van der Waals surface area contributed by atoms with E-state index in [1.54, 1.807) is 33.5 Å². The minimum Gasteiger partial charge on any atom is -0.493 e. The Hall–Kier alpha value is -3.75. The number of benzene rings is 1. The van der Waals surface area contributed by atoms with Crippen LogP contribution in [0.25, 0.3) is 11.1 Å². The first-order chi connectivity index (χ1) is 18.9. The number of carbonyl (C=O) groups is 2. The van der Waals surface area contributed by atoms with E-state index in [1.165, 1.54) is 19.8 Å². The van der Waals surface area contributed by atoms with Crippen molar-refractivity contribution in [3.8, 4) is 28.4 Å². The van der Waals surface area contributed by atoms with Crippen molar-refractivity contribution < 1.29 is 23.8 Å². The second-order valence-electron chi connectivity index (χ2n) is 10.2. The summed E-state index contributed by atoms with van der Waals surface area (Å²) in [7, 11) is 4.69. The largest absolute Gasteiger partial charge is 0.493 e. The van der Waals surface area contributed by atoms with Gasteiger partial charge in [0.15, 0.2) is 11.5 Å². The maximum atomic E-state index is 13.4. The number of fused-ring (bicyclic) bond motifs is 3. The number of nitrogens with one attached hydrogen (secondary N) is 3. The third-order valence-electron chi connectivity index (χ3n) is 7.58. The van der Waals surface area contributed by atoms with Crippen LogP contribution in [0.5, 0.6) is 17.2 Å². The summed E-state index contributed by atoms with van der Waals surface area (Å²) in [5.41, 5.74) is 3.20. The monoisotopic (exact) mass is 537 g/mol. The predicted octanol–water partition coefficient (Wildman–Crippen LogP) is 4.11. The van der Waals surface area contributed by atoms with Gasteiger partial charge in [-0.2, -0.15) is 0 Å². The molecule has 39 heavy (non-hydrogen) atoms. The van der Waals surface area contributed by atoms with E-state index in [-0.39, 0.29) is 29.8 Å². The van der Waals surface area contributed by atoms with Crippen LogP contribution in [0.15, 0.2) is 29.1 Å². The SMILES string of the molecule is COc1cc2c(c(OC)c1OC)-c1ccc(NCC(=O)NC3CCCCCC3)c(=O)cc1C(NC(C)=O)CC2. The fourth-order valence-corrected chi connectivity index (χ4v) is 5.73. The van der Waals surface area contributed by atoms with Gasteiger partial charge >= 0.3 is 0 Å². The molecule has 1 saturated carbocycles. The van der Waals surface area contributed by atoms with Gasteiger partial charge in [-0.25, -0.2) is 0 Å². The molecule has 0 spiro atoms. The number of amides is 2. The third-order valence-corrected chi connectivity index (χ3v) is 7.58. The van der Waals surface area contributed by atoms with Crippen LogP contribution in [0, 0.1) is 0 Å². The fourth-order valence-electron chi connectivity index (χ4n) is 5.73. The zero-order valence-corrected chi connectivity index (χ0v) is 23.3. The molecule has 4 rings (SSSR count). The van der Waals surface area contributed by atoms with E-state index in [9.17, 15) is 14.4 Å². The van der Waals surface area contributed by atoms with Gasteiger partial charge in [-0.15, -0.1) is 0 Å². The molecule has 2 aliphatic carbocycles. The topological polar surface area (TPSA) is 115 Å². The molecule has 0 heterocycles. The van der Waals surface area contributed by atoms with Crippen molar-refractivity contribution in [2.24, 2.45) is 0 Å². The van der Waals surface area contributed by atoms with Crippen molar-refractivity contribution in [3.63, 3.8) is 0 Å². The summed E-state index contributed by atoms with van der Waals surface area (Å²) >= 11 is 0. The van der Waals surface area contributed by atoms with Crippen molar-refractivity contribution in [2.45, 2.75) is 70.4 Å². The molecule has 0 radical (unpaired) electrons. The van der Waals surface area contributed by atoms with E-state index < -0.39 is 6.04 Å². The maximum absolute atomic E-state index is 13.4. The highest BCUT2D eigenvalue weighted by molar-refractivity contribution is 5.84. The molecule has 2 aromatic rings. The van der Waals surface area contributed by atoms with Gasteiger partial charge in [0.1, 0.15) is 0 Å². The van der Waals surface area contributed by atoms with Gasteiger partial charge in [0, 0.05) is 18.5 Å². The van der Waals surface area contributed by atoms with Crippen LogP contribution in [0.4, 0.5) is 5.69 Å². The first-order valence-electron chi connectivity index (χ1n) is 13.7. The molecule has 3 N–H and O–H groups in total. The Labute approximate surface area is 229 Å². The van der Waals surface area contributed by atoms with Crippen LogP contribution in [-0.4, -0.2) is 45.7 Å². The highest BCUT2D eigenvalue weighted by Gasteiger charge is 2.29. The third kappa shape index (κ3) is 6.46. The molecular weight excluding hydrogens is 498 g/mol. The van der Waals surface area contributed by atoms with E-state index in [0.717, 1.165) is 42.4 Å². The summed E-state index contributed by atoms with van der Waals surface area (Å²) in [4.78, 5) is 38.2. The van der Waals surface area contributed by atoms with Crippen LogP contribution in [0.1, 0.15) is 69.0 Å². The highest BCUT2D eigenvalue weighted by atomic mass is 16.5. The lowest BCUT2D eigenvalue weighted by Crippen LogP contribution is -2.38. The van der Waals surface area contributed by atoms with Gasteiger partial charge in [-0.05, 0) is 60.6 Å². The van der Waals surface area contributed by atoms with Crippen molar-refractivity contribution in [2.75, 3.05) is 33.2 Å². The van der Waals surface area contributed by atoms with Gasteiger partial charge in [-0.1, -0.05) is 31.7 Å². The normalized spacial score (nSPS) is 17.0. The van der Waals surface area contributed by atoms with Crippen molar-refractivity contribution in [3.05, 3.63) is 45.6 Å². The molecule has 0 aliphatic heterocycles. The first-order valence-corrected chi connectivity index (χ1v) is 13.7. The molecule has 0 saturated heterocycles. The minimum absolute atomic E-state index is 0.000471. The standard InChI is InChI=1S/C30H39N3O6/c1-18(34)32-23-13-11-19-15-26(37-2)29(38-3)30(39-4)28(19)21-12-14-24(25(35)16-22(21)23)31-17-27(36)33-20-9-7-5-6-8-10-20/h12,14-16,20,23H,5-11,13,17H2,1-4H3,(H,31,35)(H,32,34)(H,33,36). The van der Waals surface area contributed by atoms with Crippen LogP contribution in [0.2, 0.25) is 0 Å². The molecule has 2 aromatic carbocycles. The molecule has 2 aliphatic rings. The molecule has 1 fully saturated rings. The molecule has 1 atom stereocenters. The Morgan fingerprint density at radius 1 is 0.897 bits per heavy atom. The van der Waals surface area contributed by atoms with Crippen LogP contribution in [0.3, 0.4) is 0 Å². The van der Waals surface area contributed by atoms with E-state index in [4.69, 9.17) is 14.2 Å². The summed E-state index contributed by atoms with van der Waals surface area (Å²) in [5, 5.41) is 9.15. The summed E-state index contributed by atoms with van der Waals surface area (Å²) < 4.78 is 17.0. The Kier molecular flexibility index (Phi) is 9.32. The smallest absolute Gasteiger partial charge is 0.239 e. The first kappa shape index (κ1) is 28.3. The lowest BCUT2D eigenvalue weighted by Gasteiger charge is -2.19. The number of hydrogen-bond acceptors (Lipinski definition) is 7. The molecule has 9 nitrogen and oxygen atoms in total. The fraction of sp³-hybridized carbons (Fsp3) is 0.500. The Balaban J connectivity index is 1.73. The highest BCUT2D eigenvalue weighted by Crippen LogP contribution is 2.50. The zero-order valence-electron chi connectivity index (χ0n) is 23.3. The lowest BCUT2D eigenvalue weighted by molar-refractivity contribution is -0.120. The zero-order chi connectivity index (χ0) is 27.9. The number of rotatable bonds is 8. The number of methoxy groups -OCH3 is 3. The minimum atomic E-state index is -0.391. The summed E-state index contributed by atoms with van der Waals surface area (Å²) in [6.07, 6.45) is 7.85. The molecular formula is C30H39N3O6. The van der Waals surface area contributed by atoms with E-state index in [2.05, 4.69) is 16.0 Å². The Morgan fingerprint density at radius 2 is 1.62 bits per heavy atom. The average molecular weight is 538 g/mol. The molecule has 9 heteroatoms. The van der Waals surface area contributed by atoms with Crippen LogP contribution < -0.4 is 35.6 Å². The second kappa shape index (κ2) is 12.9. The molecule has 0 bridgehead atoms. The van der Waals surface area contributed by atoms with E-state index in [0.29, 0.717) is 41.3 Å². The Morgan fingerprint density at radius 3 is 2.26 bits per heavy atom. The van der Waals surface area contributed by atoms with Gasteiger partial charge < -0.3 is 30.2 Å². The van der Waals surface area contributed by atoms with Crippen molar-refractivity contribution >= 4 is 17.5 Å². The van der Waals surface area contributed by atoms with Crippen molar-refractivity contribution in [1.29, 1.82) is 0 Å². The lowest BCUT2D eigenvalue weighted by atomic mass is 9.95. The summed E-state index contributed by atoms with van der Waals surface area (Å²) in [5.74, 6) is 1.16. The van der Waals surface area contributed by atoms with Crippen LogP contribution in [-0.2, 0) is 16.0 Å². The quantitative estimate of drug-likeness (QED) is 0.434. The number of ether oxygens (including phenoxy) is 3. The van der Waals surface area contributed by atoms with E-state index >= 15 is 0 Å². The molecule has 2 amide bonds. The number of carbonyl (C=O) groups excluding carboxylic acids is 2. The van der Waals surface area contributed by atoms with Crippen molar-refractivity contribution in [1.82, 2.24) is 10.6 Å². The summed E-state index contributed by atoms with van der Waals surface area (Å²) in [6, 6.07) is 6.79. The average Bonchev–Trinajstić information content (AvgIpc) is 3.32. The van der Waals surface area contributed by atoms with E-state index in [1.807, 2.05) is 12.1 Å². The molecule has 1 unspecified atom stereocenters. The molecule has 210 valence electrons. The number of aryl methyl sites for hydroxylation is 1. The second-order valence-corrected chi connectivity index (χ2v) is 10.2. The van der Waals surface area contributed by atoms with Gasteiger partial charge in [0.2, 0.25) is 23.0 Å². The summed E-state index contributed by atoms with van der Waals surface area (Å²) in [6.45, 7) is 1.46. The maximum Gasteiger partial charge on any atom is 0.239 e. The van der Waals surface area contributed by atoms with Gasteiger partial charge in [-0.3, -0.25) is 14.4 Å². The van der Waals surface area contributed by atoms with Gasteiger partial charge in [0.05, 0.1) is 39.6 Å². The predicted molar refractivity (Wildman–Crippen MR) is 151 cm³/mol. The Bertz CT molecular complexity index is 1270. The number of anilines is 1. The molecule has 0 aromatic heterocycles. The van der Waals surface area contributed by atoms with Crippen LogP contribution >= 0.6 is 0 Å². The number of hydrogen-bond donors (Lipinski definition) is 3. The van der Waals surface area contributed by atoms with Gasteiger partial charge in [0.25, 0.3) is 0 Å².